The molecule has 0 unspecified atom stereocenters. The Hall–Kier alpha value is -0.590. The highest BCUT2D eigenvalue weighted by molar-refractivity contribution is 5.89. The number of Topliss-reactive ketones (excluding diaryl/α,β-unsaturated/α-hetero) is 1. The van der Waals surface area contributed by atoms with E-state index in [2.05, 4.69) is 27.4 Å². The average Bonchev–Trinajstić information content (AvgIpc) is 1.95. The zero-order valence-corrected chi connectivity index (χ0v) is 8.11. The van der Waals surface area contributed by atoms with Crippen LogP contribution in [-0.4, -0.2) is 5.78 Å². The van der Waals surface area contributed by atoms with Crippen LogP contribution in [0.1, 0.15) is 33.6 Å². The van der Waals surface area contributed by atoms with Crippen LogP contribution in [0, 0.1) is 16.7 Å². The SMILES string of the molecule is C=C1C[C@@]2(C)CC(=O)C(C)(C)[C@@H]12. The van der Waals surface area contributed by atoms with Crippen molar-refractivity contribution in [3.63, 3.8) is 0 Å². The van der Waals surface area contributed by atoms with Crippen LogP contribution in [0.5, 0.6) is 0 Å². The number of hydrogen-bond acceptors (Lipinski definition) is 1. The third-order valence-electron chi connectivity index (χ3n) is 3.74. The van der Waals surface area contributed by atoms with Gasteiger partial charge in [-0.2, -0.15) is 0 Å². The van der Waals surface area contributed by atoms with E-state index in [0.717, 1.165) is 12.8 Å². The van der Waals surface area contributed by atoms with Gasteiger partial charge < -0.3 is 0 Å². The standard InChI is InChI=1S/C11H16O/c1-7-5-11(4)6-8(12)10(2,3)9(7)11/h9H,1,5-6H2,2-4H3/t9-,11+/m1/s1. The van der Waals surface area contributed by atoms with Gasteiger partial charge in [0.05, 0.1) is 0 Å². The number of allylic oxidation sites excluding steroid dienone is 1. The highest BCUT2D eigenvalue weighted by Gasteiger charge is 2.61. The number of carbonyl (C=O) groups excluding carboxylic acids is 1. The zero-order chi connectivity index (χ0) is 9.15. The Balaban J connectivity index is 2.42. The molecule has 66 valence electrons. The van der Waals surface area contributed by atoms with E-state index in [9.17, 15) is 4.79 Å². The molecule has 0 saturated heterocycles. The van der Waals surface area contributed by atoms with Gasteiger partial charge in [-0.3, -0.25) is 4.79 Å². The van der Waals surface area contributed by atoms with Crippen LogP contribution >= 0.6 is 0 Å². The summed E-state index contributed by atoms with van der Waals surface area (Å²) in [6.07, 6.45) is 1.83. The molecule has 0 heterocycles. The minimum atomic E-state index is -0.135. The second-order valence-electron chi connectivity index (χ2n) is 5.24. The van der Waals surface area contributed by atoms with E-state index in [1.165, 1.54) is 5.57 Å². The summed E-state index contributed by atoms with van der Waals surface area (Å²) in [6.45, 7) is 10.4. The number of fused-ring (bicyclic) bond motifs is 1. The Kier molecular flexibility index (Phi) is 1.23. The van der Waals surface area contributed by atoms with Crippen molar-refractivity contribution >= 4 is 5.78 Å². The van der Waals surface area contributed by atoms with Crippen LogP contribution in [0.4, 0.5) is 0 Å². The van der Waals surface area contributed by atoms with Gasteiger partial charge in [0.25, 0.3) is 0 Å². The van der Waals surface area contributed by atoms with Crippen LogP contribution < -0.4 is 0 Å². The number of ketones is 1. The van der Waals surface area contributed by atoms with Crippen molar-refractivity contribution in [2.24, 2.45) is 16.7 Å². The molecule has 0 spiro atoms. The lowest BCUT2D eigenvalue weighted by atomic mass is 9.55. The van der Waals surface area contributed by atoms with Crippen LogP contribution in [-0.2, 0) is 4.79 Å². The predicted octanol–water partition coefficient (Wildman–Crippen LogP) is 2.57. The largest absolute Gasteiger partial charge is 0.299 e. The number of rotatable bonds is 0. The maximum absolute atomic E-state index is 11.7. The second-order valence-corrected chi connectivity index (χ2v) is 5.24. The summed E-state index contributed by atoms with van der Waals surface area (Å²) in [4.78, 5) is 11.7. The lowest BCUT2D eigenvalue weighted by Gasteiger charge is -2.48. The third kappa shape index (κ3) is 0.675. The average molecular weight is 164 g/mol. The molecule has 0 aromatic rings. The van der Waals surface area contributed by atoms with Gasteiger partial charge >= 0.3 is 0 Å². The van der Waals surface area contributed by atoms with Gasteiger partial charge in [-0.05, 0) is 17.8 Å². The molecule has 1 heteroatoms. The summed E-state index contributed by atoms with van der Waals surface area (Å²) in [5, 5.41) is 0. The van der Waals surface area contributed by atoms with E-state index in [4.69, 9.17) is 0 Å². The fourth-order valence-corrected chi connectivity index (χ4v) is 3.39. The minimum Gasteiger partial charge on any atom is -0.299 e. The molecule has 2 aliphatic carbocycles. The fourth-order valence-electron chi connectivity index (χ4n) is 3.39. The van der Waals surface area contributed by atoms with Gasteiger partial charge in [-0.1, -0.05) is 32.9 Å². The molecule has 0 N–H and O–H groups in total. The van der Waals surface area contributed by atoms with E-state index in [1.807, 2.05) is 0 Å². The summed E-state index contributed by atoms with van der Waals surface area (Å²) in [5.74, 6) is 0.881. The Morgan fingerprint density at radius 1 is 1.33 bits per heavy atom. The fraction of sp³-hybridized carbons (Fsp3) is 0.727. The first-order valence-corrected chi connectivity index (χ1v) is 4.59. The first-order chi connectivity index (χ1) is 5.38. The number of hydrogen-bond donors (Lipinski definition) is 0. The molecular weight excluding hydrogens is 148 g/mol. The summed E-state index contributed by atoms with van der Waals surface area (Å²) in [6, 6.07) is 0. The van der Waals surface area contributed by atoms with E-state index in [0.29, 0.717) is 11.7 Å². The Morgan fingerprint density at radius 3 is 2.25 bits per heavy atom. The maximum atomic E-state index is 11.7. The first-order valence-electron chi connectivity index (χ1n) is 4.59. The predicted molar refractivity (Wildman–Crippen MR) is 48.8 cm³/mol. The zero-order valence-electron chi connectivity index (χ0n) is 8.11. The molecule has 2 atom stereocenters. The smallest absolute Gasteiger partial charge is 0.139 e. The van der Waals surface area contributed by atoms with E-state index < -0.39 is 0 Å². The molecule has 12 heavy (non-hydrogen) atoms. The van der Waals surface area contributed by atoms with Crippen molar-refractivity contribution in [3.05, 3.63) is 12.2 Å². The monoisotopic (exact) mass is 164 g/mol. The van der Waals surface area contributed by atoms with Crippen molar-refractivity contribution in [2.75, 3.05) is 0 Å². The van der Waals surface area contributed by atoms with Gasteiger partial charge in [0.15, 0.2) is 0 Å². The lowest BCUT2D eigenvalue weighted by Crippen LogP contribution is -2.41. The summed E-state index contributed by atoms with van der Waals surface area (Å²) in [5.41, 5.74) is 1.41. The lowest BCUT2D eigenvalue weighted by molar-refractivity contribution is -0.125. The van der Waals surface area contributed by atoms with Crippen molar-refractivity contribution < 1.29 is 4.79 Å². The van der Waals surface area contributed by atoms with Crippen LogP contribution in [0.2, 0.25) is 0 Å². The summed E-state index contributed by atoms with van der Waals surface area (Å²) < 4.78 is 0. The number of carbonyl (C=O) groups is 1. The quantitative estimate of drug-likeness (QED) is 0.503. The second kappa shape index (κ2) is 1.84. The molecule has 0 aliphatic heterocycles. The highest BCUT2D eigenvalue weighted by atomic mass is 16.1. The van der Waals surface area contributed by atoms with Crippen molar-refractivity contribution in [1.29, 1.82) is 0 Å². The minimum absolute atomic E-state index is 0.135. The Morgan fingerprint density at radius 2 is 1.92 bits per heavy atom. The summed E-state index contributed by atoms with van der Waals surface area (Å²) >= 11 is 0. The summed E-state index contributed by atoms with van der Waals surface area (Å²) in [7, 11) is 0. The topological polar surface area (TPSA) is 17.1 Å². The van der Waals surface area contributed by atoms with Crippen molar-refractivity contribution in [3.8, 4) is 0 Å². The first kappa shape index (κ1) is 8.03. The van der Waals surface area contributed by atoms with E-state index >= 15 is 0 Å². The third-order valence-corrected chi connectivity index (χ3v) is 3.74. The molecule has 0 bridgehead atoms. The van der Waals surface area contributed by atoms with Gasteiger partial charge in [-0.25, -0.2) is 0 Å². The Labute approximate surface area is 73.8 Å². The molecule has 0 aromatic carbocycles. The van der Waals surface area contributed by atoms with E-state index in [1.54, 1.807) is 0 Å². The maximum Gasteiger partial charge on any atom is 0.139 e. The van der Waals surface area contributed by atoms with Crippen molar-refractivity contribution in [2.45, 2.75) is 33.6 Å². The normalized spacial score (nSPS) is 44.1. The molecule has 0 aromatic heterocycles. The molecule has 0 amide bonds. The van der Waals surface area contributed by atoms with Crippen LogP contribution in [0.25, 0.3) is 0 Å². The molecule has 0 radical (unpaired) electrons. The van der Waals surface area contributed by atoms with Crippen molar-refractivity contribution in [1.82, 2.24) is 0 Å². The van der Waals surface area contributed by atoms with Gasteiger partial charge in [0.1, 0.15) is 5.78 Å². The van der Waals surface area contributed by atoms with Crippen LogP contribution in [0.3, 0.4) is 0 Å². The highest BCUT2D eigenvalue weighted by Crippen LogP contribution is 2.65. The van der Waals surface area contributed by atoms with Gasteiger partial charge in [-0.15, -0.1) is 0 Å². The Bertz CT molecular complexity index is 275. The molecule has 2 rings (SSSR count). The van der Waals surface area contributed by atoms with Crippen LogP contribution in [0.15, 0.2) is 12.2 Å². The van der Waals surface area contributed by atoms with Gasteiger partial charge in [0, 0.05) is 11.8 Å². The molecule has 2 aliphatic rings. The molecular formula is C11H16O. The van der Waals surface area contributed by atoms with E-state index in [-0.39, 0.29) is 10.8 Å². The van der Waals surface area contributed by atoms with Gasteiger partial charge in [0.2, 0.25) is 0 Å². The molecule has 2 saturated carbocycles. The molecule has 2 fully saturated rings. The molecule has 1 nitrogen and oxygen atoms in total.